The number of hydrogen-bond donors (Lipinski definition) is 1. The van der Waals surface area contributed by atoms with Gasteiger partial charge in [-0.3, -0.25) is 0 Å². The van der Waals surface area contributed by atoms with Crippen LogP contribution >= 0.6 is 23.2 Å². The SMILES string of the molecule is Clc1ccc2ccnc(Nc3ccnc(Cl)c3)c2c1. The number of fused-ring (bicyclic) bond motifs is 1. The number of halogens is 2. The van der Waals surface area contributed by atoms with Crippen LogP contribution in [0.3, 0.4) is 0 Å². The molecule has 0 fully saturated rings. The van der Waals surface area contributed by atoms with Crippen LogP contribution in [-0.2, 0) is 0 Å². The summed E-state index contributed by atoms with van der Waals surface area (Å²) in [5, 5.41) is 6.36. The van der Waals surface area contributed by atoms with Crippen molar-refractivity contribution in [1.82, 2.24) is 9.97 Å². The van der Waals surface area contributed by atoms with E-state index in [1.807, 2.05) is 30.3 Å². The Bertz CT molecular complexity index is 744. The summed E-state index contributed by atoms with van der Waals surface area (Å²) in [6.07, 6.45) is 3.39. The van der Waals surface area contributed by atoms with Crippen molar-refractivity contribution in [2.45, 2.75) is 0 Å². The van der Waals surface area contributed by atoms with Gasteiger partial charge in [-0.15, -0.1) is 0 Å². The second-order valence-corrected chi connectivity index (χ2v) is 4.84. The second-order valence-electron chi connectivity index (χ2n) is 4.02. The first-order chi connectivity index (χ1) is 9.22. The number of hydrogen-bond acceptors (Lipinski definition) is 3. The first-order valence-electron chi connectivity index (χ1n) is 5.65. The van der Waals surface area contributed by atoms with Crippen LogP contribution in [0.15, 0.2) is 48.8 Å². The lowest BCUT2D eigenvalue weighted by atomic mass is 10.1. The monoisotopic (exact) mass is 289 g/mol. The van der Waals surface area contributed by atoms with Gasteiger partial charge in [0.15, 0.2) is 0 Å². The third-order valence-electron chi connectivity index (χ3n) is 2.72. The van der Waals surface area contributed by atoms with E-state index in [-0.39, 0.29) is 0 Å². The van der Waals surface area contributed by atoms with Crippen molar-refractivity contribution < 1.29 is 0 Å². The molecule has 5 heteroatoms. The van der Waals surface area contributed by atoms with Gasteiger partial charge in [0.25, 0.3) is 0 Å². The average molecular weight is 290 g/mol. The molecule has 3 nitrogen and oxygen atoms in total. The van der Waals surface area contributed by atoms with Crippen LogP contribution < -0.4 is 5.32 Å². The Morgan fingerprint density at radius 2 is 1.74 bits per heavy atom. The highest BCUT2D eigenvalue weighted by Gasteiger charge is 2.04. The fourth-order valence-corrected chi connectivity index (χ4v) is 2.20. The summed E-state index contributed by atoms with van der Waals surface area (Å²) in [6, 6.07) is 11.2. The molecule has 1 N–H and O–H groups in total. The standard InChI is InChI=1S/C14H9Cl2N3/c15-10-2-1-9-3-5-18-14(12(9)7-10)19-11-4-6-17-13(16)8-11/h1-8H,(H,17,18,19). The van der Waals surface area contributed by atoms with Gasteiger partial charge in [-0.2, -0.15) is 0 Å². The number of rotatable bonds is 2. The van der Waals surface area contributed by atoms with Gasteiger partial charge < -0.3 is 5.32 Å². The quantitative estimate of drug-likeness (QED) is 0.696. The van der Waals surface area contributed by atoms with Gasteiger partial charge in [0.05, 0.1) is 0 Å². The summed E-state index contributed by atoms with van der Waals surface area (Å²) in [4.78, 5) is 8.28. The summed E-state index contributed by atoms with van der Waals surface area (Å²) in [7, 11) is 0. The molecule has 0 aliphatic rings. The highest BCUT2D eigenvalue weighted by atomic mass is 35.5. The lowest BCUT2D eigenvalue weighted by Gasteiger charge is -2.09. The molecule has 3 rings (SSSR count). The molecular weight excluding hydrogens is 281 g/mol. The van der Waals surface area contributed by atoms with Crippen LogP contribution in [-0.4, -0.2) is 9.97 Å². The number of benzene rings is 1. The molecule has 0 spiro atoms. The van der Waals surface area contributed by atoms with Crippen molar-refractivity contribution in [2.75, 3.05) is 5.32 Å². The third-order valence-corrected chi connectivity index (χ3v) is 3.16. The largest absolute Gasteiger partial charge is 0.340 e. The molecular formula is C14H9Cl2N3. The van der Waals surface area contributed by atoms with Gasteiger partial charge in [0.2, 0.25) is 0 Å². The Morgan fingerprint density at radius 3 is 2.58 bits per heavy atom. The summed E-state index contributed by atoms with van der Waals surface area (Å²) in [5.74, 6) is 0.738. The molecule has 0 aliphatic carbocycles. The maximum Gasteiger partial charge on any atom is 0.138 e. The first-order valence-corrected chi connectivity index (χ1v) is 6.41. The molecule has 2 heterocycles. The molecule has 0 saturated heterocycles. The second kappa shape index (κ2) is 5.03. The molecule has 0 saturated carbocycles. The lowest BCUT2D eigenvalue weighted by Crippen LogP contribution is -1.94. The van der Waals surface area contributed by atoms with Crippen LogP contribution in [0.2, 0.25) is 10.2 Å². The lowest BCUT2D eigenvalue weighted by molar-refractivity contribution is 1.30. The summed E-state index contributed by atoms with van der Waals surface area (Å²) in [6.45, 7) is 0. The molecule has 0 atom stereocenters. The van der Waals surface area contributed by atoms with E-state index in [9.17, 15) is 0 Å². The molecule has 94 valence electrons. The van der Waals surface area contributed by atoms with Gasteiger partial charge in [-0.25, -0.2) is 9.97 Å². The average Bonchev–Trinajstić information content (AvgIpc) is 2.39. The molecule has 0 amide bonds. The predicted molar refractivity (Wildman–Crippen MR) is 79.3 cm³/mol. The molecule has 0 bridgehead atoms. The van der Waals surface area contributed by atoms with Crippen LogP contribution in [0.4, 0.5) is 11.5 Å². The van der Waals surface area contributed by atoms with Gasteiger partial charge in [0, 0.05) is 28.5 Å². The summed E-state index contributed by atoms with van der Waals surface area (Å²) < 4.78 is 0. The fraction of sp³-hybridized carbons (Fsp3) is 0. The van der Waals surface area contributed by atoms with Gasteiger partial charge >= 0.3 is 0 Å². The van der Waals surface area contributed by atoms with Gasteiger partial charge in [-0.05, 0) is 35.7 Å². The Hall–Kier alpha value is -1.84. The maximum atomic E-state index is 6.03. The smallest absolute Gasteiger partial charge is 0.138 e. The molecule has 0 radical (unpaired) electrons. The molecule has 0 aliphatic heterocycles. The van der Waals surface area contributed by atoms with E-state index in [0.29, 0.717) is 10.2 Å². The molecule has 1 aromatic carbocycles. The minimum Gasteiger partial charge on any atom is -0.340 e. The van der Waals surface area contributed by atoms with Gasteiger partial charge in [-0.1, -0.05) is 29.3 Å². The van der Waals surface area contributed by atoms with E-state index in [1.165, 1.54) is 0 Å². The van der Waals surface area contributed by atoms with E-state index in [0.717, 1.165) is 22.3 Å². The Balaban J connectivity index is 2.07. The van der Waals surface area contributed by atoms with Crippen molar-refractivity contribution in [1.29, 1.82) is 0 Å². The van der Waals surface area contributed by atoms with E-state index in [2.05, 4.69) is 15.3 Å². The Morgan fingerprint density at radius 1 is 0.895 bits per heavy atom. The normalized spacial score (nSPS) is 10.6. The highest BCUT2D eigenvalue weighted by molar-refractivity contribution is 6.31. The number of nitrogens with one attached hydrogen (secondary N) is 1. The molecule has 0 unspecified atom stereocenters. The van der Waals surface area contributed by atoms with Crippen molar-refractivity contribution in [2.24, 2.45) is 0 Å². The Labute approximate surface area is 120 Å². The fourth-order valence-electron chi connectivity index (χ4n) is 1.86. The van der Waals surface area contributed by atoms with Crippen LogP contribution in [0.25, 0.3) is 10.8 Å². The minimum absolute atomic E-state index is 0.434. The number of aromatic nitrogens is 2. The van der Waals surface area contributed by atoms with E-state index >= 15 is 0 Å². The van der Waals surface area contributed by atoms with Crippen LogP contribution in [0.1, 0.15) is 0 Å². The Kier molecular flexibility index (Phi) is 3.23. The zero-order valence-electron chi connectivity index (χ0n) is 9.77. The van der Waals surface area contributed by atoms with E-state index < -0.39 is 0 Å². The number of pyridine rings is 2. The highest BCUT2D eigenvalue weighted by Crippen LogP contribution is 2.27. The minimum atomic E-state index is 0.434. The van der Waals surface area contributed by atoms with Crippen LogP contribution in [0.5, 0.6) is 0 Å². The van der Waals surface area contributed by atoms with Gasteiger partial charge in [0.1, 0.15) is 11.0 Å². The summed E-state index contributed by atoms with van der Waals surface area (Å²) >= 11 is 11.9. The summed E-state index contributed by atoms with van der Waals surface area (Å²) in [5.41, 5.74) is 0.833. The number of nitrogens with zero attached hydrogens (tertiary/aromatic N) is 2. The zero-order chi connectivity index (χ0) is 13.2. The maximum absolute atomic E-state index is 6.03. The first kappa shape index (κ1) is 12.2. The zero-order valence-corrected chi connectivity index (χ0v) is 11.3. The van der Waals surface area contributed by atoms with Crippen molar-refractivity contribution in [3.05, 3.63) is 59.0 Å². The third kappa shape index (κ3) is 2.62. The predicted octanol–water partition coefficient (Wildman–Crippen LogP) is 4.68. The van der Waals surface area contributed by atoms with Crippen molar-refractivity contribution in [3.8, 4) is 0 Å². The van der Waals surface area contributed by atoms with Crippen molar-refractivity contribution >= 4 is 45.5 Å². The van der Waals surface area contributed by atoms with E-state index in [4.69, 9.17) is 23.2 Å². The van der Waals surface area contributed by atoms with Crippen LogP contribution in [0, 0.1) is 0 Å². The van der Waals surface area contributed by atoms with Crippen molar-refractivity contribution in [3.63, 3.8) is 0 Å². The molecule has 2 aromatic heterocycles. The molecule has 3 aromatic rings. The topological polar surface area (TPSA) is 37.8 Å². The number of anilines is 2. The van der Waals surface area contributed by atoms with E-state index in [1.54, 1.807) is 18.5 Å². The molecule has 19 heavy (non-hydrogen) atoms.